The first kappa shape index (κ1) is 9.05. The average Bonchev–Trinajstić information content (AvgIpc) is 2.52. The van der Waals surface area contributed by atoms with Gasteiger partial charge in [0, 0.05) is 0 Å². The van der Waals surface area contributed by atoms with Crippen LogP contribution in [0.4, 0.5) is 0 Å². The third-order valence-corrected chi connectivity index (χ3v) is 3.05. The molecule has 1 rings (SSSR count). The summed E-state index contributed by atoms with van der Waals surface area (Å²) < 4.78 is 0. The molecule has 0 aliphatic heterocycles. The Labute approximate surface area is 70.6 Å². The van der Waals surface area contributed by atoms with Crippen LogP contribution in [-0.4, -0.2) is 13.6 Å². The topological polar surface area (TPSA) is 12.0 Å². The highest BCUT2D eigenvalue weighted by atomic mass is 14.8. The molecule has 1 nitrogen and oxygen atoms in total. The summed E-state index contributed by atoms with van der Waals surface area (Å²) >= 11 is 0. The second-order valence-electron chi connectivity index (χ2n) is 3.91. The van der Waals surface area contributed by atoms with Crippen molar-refractivity contribution in [3.05, 3.63) is 0 Å². The Balaban J connectivity index is 2.12. The van der Waals surface area contributed by atoms with E-state index in [0.717, 1.165) is 11.8 Å². The average molecular weight is 155 g/mol. The smallest absolute Gasteiger partial charge is 0.00493 e. The van der Waals surface area contributed by atoms with Crippen LogP contribution in [-0.2, 0) is 0 Å². The molecule has 0 aromatic rings. The highest BCUT2D eigenvalue weighted by molar-refractivity contribution is 4.72. The molecule has 0 saturated heterocycles. The quantitative estimate of drug-likeness (QED) is 0.657. The predicted octanol–water partition coefficient (Wildman–Crippen LogP) is 2.42. The van der Waals surface area contributed by atoms with E-state index in [1.807, 2.05) is 7.05 Å². The van der Waals surface area contributed by atoms with Crippen LogP contribution in [0.5, 0.6) is 0 Å². The van der Waals surface area contributed by atoms with Gasteiger partial charge in [-0.25, -0.2) is 0 Å². The fourth-order valence-electron chi connectivity index (χ4n) is 2.13. The van der Waals surface area contributed by atoms with Crippen molar-refractivity contribution in [1.29, 1.82) is 0 Å². The van der Waals surface area contributed by atoms with Crippen molar-refractivity contribution in [3.8, 4) is 0 Å². The zero-order valence-corrected chi connectivity index (χ0v) is 7.90. The zero-order chi connectivity index (χ0) is 8.10. The maximum Gasteiger partial charge on any atom is -0.00493 e. The molecule has 1 fully saturated rings. The molecule has 0 bridgehead atoms. The summed E-state index contributed by atoms with van der Waals surface area (Å²) in [5.41, 5.74) is 0. The van der Waals surface area contributed by atoms with E-state index < -0.39 is 0 Å². The Morgan fingerprint density at radius 2 is 2.00 bits per heavy atom. The first-order valence-electron chi connectivity index (χ1n) is 4.99. The molecule has 1 saturated carbocycles. The zero-order valence-electron chi connectivity index (χ0n) is 7.90. The van der Waals surface area contributed by atoms with E-state index in [9.17, 15) is 0 Å². The summed E-state index contributed by atoms with van der Waals surface area (Å²) in [6.45, 7) is 3.60. The summed E-state index contributed by atoms with van der Waals surface area (Å²) in [7, 11) is 2.04. The molecule has 0 heterocycles. The lowest BCUT2D eigenvalue weighted by molar-refractivity contribution is 0.343. The van der Waals surface area contributed by atoms with E-state index in [2.05, 4.69) is 12.2 Å². The number of rotatable bonds is 4. The summed E-state index contributed by atoms with van der Waals surface area (Å²) in [6, 6.07) is 0. The van der Waals surface area contributed by atoms with Gasteiger partial charge in [-0.1, -0.05) is 32.6 Å². The van der Waals surface area contributed by atoms with Crippen LogP contribution in [0.3, 0.4) is 0 Å². The molecule has 1 N–H and O–H groups in total. The first-order chi connectivity index (χ1) is 5.34. The fraction of sp³-hybridized carbons (Fsp3) is 1.00. The Hall–Kier alpha value is -0.0400. The minimum absolute atomic E-state index is 0.949. The van der Waals surface area contributed by atoms with Crippen molar-refractivity contribution in [3.63, 3.8) is 0 Å². The van der Waals surface area contributed by atoms with Crippen molar-refractivity contribution in [1.82, 2.24) is 5.32 Å². The molecule has 0 amide bonds. The molecule has 1 heteroatoms. The lowest BCUT2D eigenvalue weighted by atomic mass is 9.90. The van der Waals surface area contributed by atoms with Gasteiger partial charge in [-0.15, -0.1) is 0 Å². The van der Waals surface area contributed by atoms with Gasteiger partial charge in [-0.05, 0) is 31.8 Å². The molecular weight excluding hydrogens is 134 g/mol. The second kappa shape index (κ2) is 4.76. The molecule has 0 aromatic carbocycles. The van der Waals surface area contributed by atoms with Crippen LogP contribution >= 0.6 is 0 Å². The Morgan fingerprint density at radius 3 is 2.55 bits per heavy atom. The lowest BCUT2D eigenvalue weighted by Crippen LogP contribution is -2.16. The third-order valence-electron chi connectivity index (χ3n) is 3.05. The highest BCUT2D eigenvalue weighted by Gasteiger charge is 2.20. The molecule has 1 unspecified atom stereocenters. The molecule has 11 heavy (non-hydrogen) atoms. The summed E-state index contributed by atoms with van der Waals surface area (Å²) in [6.07, 6.45) is 7.31. The molecule has 66 valence electrons. The van der Waals surface area contributed by atoms with E-state index in [-0.39, 0.29) is 0 Å². The monoisotopic (exact) mass is 155 g/mol. The van der Waals surface area contributed by atoms with Crippen molar-refractivity contribution in [2.75, 3.05) is 13.6 Å². The van der Waals surface area contributed by atoms with Crippen LogP contribution in [0.25, 0.3) is 0 Å². The predicted molar refractivity (Wildman–Crippen MR) is 49.7 cm³/mol. The van der Waals surface area contributed by atoms with E-state index in [0.29, 0.717) is 0 Å². The van der Waals surface area contributed by atoms with Crippen LogP contribution < -0.4 is 5.32 Å². The number of hydrogen-bond donors (Lipinski definition) is 1. The second-order valence-corrected chi connectivity index (χ2v) is 3.91. The standard InChI is InChI=1S/C10H21N/c1-9(7-8-11-2)10-5-3-4-6-10/h9-11H,3-8H2,1-2H3. The van der Waals surface area contributed by atoms with Crippen molar-refractivity contribution < 1.29 is 0 Å². The van der Waals surface area contributed by atoms with E-state index in [1.54, 1.807) is 0 Å². The SMILES string of the molecule is CNCCC(C)C1CCCC1. The van der Waals surface area contributed by atoms with Crippen molar-refractivity contribution >= 4 is 0 Å². The van der Waals surface area contributed by atoms with E-state index in [4.69, 9.17) is 0 Å². The van der Waals surface area contributed by atoms with Gasteiger partial charge in [0.25, 0.3) is 0 Å². The van der Waals surface area contributed by atoms with E-state index >= 15 is 0 Å². The Kier molecular flexibility index (Phi) is 3.92. The molecule has 1 aliphatic carbocycles. The summed E-state index contributed by atoms with van der Waals surface area (Å²) in [5.74, 6) is 1.99. The molecule has 0 spiro atoms. The Morgan fingerprint density at radius 1 is 1.36 bits per heavy atom. The van der Waals surface area contributed by atoms with Crippen LogP contribution in [0.1, 0.15) is 39.0 Å². The van der Waals surface area contributed by atoms with Gasteiger partial charge in [0.1, 0.15) is 0 Å². The van der Waals surface area contributed by atoms with Gasteiger partial charge in [0.2, 0.25) is 0 Å². The summed E-state index contributed by atoms with van der Waals surface area (Å²) in [4.78, 5) is 0. The van der Waals surface area contributed by atoms with Gasteiger partial charge in [0.15, 0.2) is 0 Å². The molecule has 1 aliphatic rings. The number of nitrogens with one attached hydrogen (secondary N) is 1. The minimum Gasteiger partial charge on any atom is -0.320 e. The van der Waals surface area contributed by atoms with Gasteiger partial charge in [0.05, 0.1) is 0 Å². The van der Waals surface area contributed by atoms with E-state index in [1.165, 1.54) is 38.6 Å². The van der Waals surface area contributed by atoms with Crippen molar-refractivity contribution in [2.24, 2.45) is 11.8 Å². The third kappa shape index (κ3) is 2.82. The van der Waals surface area contributed by atoms with Gasteiger partial charge >= 0.3 is 0 Å². The lowest BCUT2D eigenvalue weighted by Gasteiger charge is -2.17. The molecule has 0 aromatic heterocycles. The molecule has 1 atom stereocenters. The normalized spacial score (nSPS) is 22.4. The fourth-order valence-corrected chi connectivity index (χ4v) is 2.13. The van der Waals surface area contributed by atoms with Crippen LogP contribution in [0, 0.1) is 11.8 Å². The summed E-state index contributed by atoms with van der Waals surface area (Å²) in [5, 5.41) is 3.22. The van der Waals surface area contributed by atoms with Crippen molar-refractivity contribution in [2.45, 2.75) is 39.0 Å². The van der Waals surface area contributed by atoms with Crippen LogP contribution in [0.2, 0.25) is 0 Å². The van der Waals surface area contributed by atoms with Gasteiger partial charge in [-0.2, -0.15) is 0 Å². The minimum atomic E-state index is 0.949. The maximum atomic E-state index is 3.22. The highest BCUT2D eigenvalue weighted by Crippen LogP contribution is 2.32. The van der Waals surface area contributed by atoms with Gasteiger partial charge < -0.3 is 5.32 Å². The molecule has 0 radical (unpaired) electrons. The Bertz CT molecular complexity index is 95.0. The van der Waals surface area contributed by atoms with Crippen LogP contribution in [0.15, 0.2) is 0 Å². The maximum absolute atomic E-state index is 3.22. The largest absolute Gasteiger partial charge is 0.320 e. The molecular formula is C10H21N. The first-order valence-corrected chi connectivity index (χ1v) is 4.99. The van der Waals surface area contributed by atoms with Gasteiger partial charge in [-0.3, -0.25) is 0 Å². The number of hydrogen-bond acceptors (Lipinski definition) is 1.